The molecule has 1 fully saturated rings. The van der Waals surface area contributed by atoms with Crippen molar-refractivity contribution in [2.24, 2.45) is 0 Å². The average molecular weight is 392 g/mol. The van der Waals surface area contributed by atoms with E-state index in [0.717, 1.165) is 47.8 Å². The zero-order valence-electron chi connectivity index (χ0n) is 15.3. The van der Waals surface area contributed by atoms with Crippen LogP contribution in [0, 0.1) is 0 Å². The Morgan fingerprint density at radius 1 is 1.25 bits per heavy atom. The van der Waals surface area contributed by atoms with Gasteiger partial charge in [0.05, 0.1) is 17.9 Å². The molecule has 0 spiro atoms. The summed E-state index contributed by atoms with van der Waals surface area (Å²) in [5.74, 6) is 0. The maximum atomic E-state index is 12.4. The van der Waals surface area contributed by atoms with E-state index in [0.29, 0.717) is 6.54 Å². The number of hydrogen-bond acceptors (Lipinski definition) is 6. The first-order valence-electron chi connectivity index (χ1n) is 9.40. The SMILES string of the molecule is O=c1ccc(-c2cccnc2)nn1CC1CCCN1Cc1cn2ccsc2n1. The molecule has 0 bridgehead atoms. The molecule has 1 unspecified atom stereocenters. The maximum Gasteiger partial charge on any atom is 0.266 e. The number of fused-ring (bicyclic) bond motifs is 1. The molecule has 28 heavy (non-hydrogen) atoms. The number of thiazole rings is 1. The van der Waals surface area contributed by atoms with Gasteiger partial charge in [0.2, 0.25) is 0 Å². The zero-order valence-corrected chi connectivity index (χ0v) is 16.1. The number of rotatable bonds is 5. The molecule has 0 aliphatic carbocycles. The van der Waals surface area contributed by atoms with E-state index in [1.807, 2.05) is 23.7 Å². The summed E-state index contributed by atoms with van der Waals surface area (Å²) in [5.41, 5.74) is 2.69. The molecule has 7 nitrogen and oxygen atoms in total. The van der Waals surface area contributed by atoms with E-state index < -0.39 is 0 Å². The Hall–Kier alpha value is -2.84. The number of pyridine rings is 1. The van der Waals surface area contributed by atoms with Crippen molar-refractivity contribution in [3.8, 4) is 11.3 Å². The van der Waals surface area contributed by atoms with Gasteiger partial charge in [0.25, 0.3) is 5.56 Å². The summed E-state index contributed by atoms with van der Waals surface area (Å²) < 4.78 is 3.66. The molecule has 0 aromatic carbocycles. The number of aromatic nitrogens is 5. The van der Waals surface area contributed by atoms with E-state index in [1.54, 1.807) is 40.5 Å². The van der Waals surface area contributed by atoms with Crippen molar-refractivity contribution in [1.29, 1.82) is 0 Å². The van der Waals surface area contributed by atoms with Crippen LogP contribution in [0.2, 0.25) is 0 Å². The predicted octanol–water partition coefficient (Wildman–Crippen LogP) is 2.68. The molecule has 0 amide bonds. The third kappa shape index (κ3) is 3.36. The molecule has 5 heterocycles. The second kappa shape index (κ2) is 7.29. The number of hydrogen-bond donors (Lipinski definition) is 0. The largest absolute Gasteiger partial charge is 0.297 e. The van der Waals surface area contributed by atoms with Gasteiger partial charge in [0.15, 0.2) is 4.96 Å². The molecular weight excluding hydrogens is 372 g/mol. The van der Waals surface area contributed by atoms with Gasteiger partial charge in [-0.05, 0) is 37.6 Å². The lowest BCUT2D eigenvalue weighted by molar-refractivity contribution is 0.215. The third-order valence-corrected chi connectivity index (χ3v) is 5.99. The van der Waals surface area contributed by atoms with Crippen molar-refractivity contribution in [3.05, 3.63) is 70.5 Å². The Morgan fingerprint density at radius 2 is 2.21 bits per heavy atom. The second-order valence-corrected chi connectivity index (χ2v) is 7.95. The molecule has 1 saturated heterocycles. The van der Waals surface area contributed by atoms with Gasteiger partial charge in [-0.15, -0.1) is 11.3 Å². The lowest BCUT2D eigenvalue weighted by atomic mass is 10.2. The molecule has 142 valence electrons. The third-order valence-electron chi connectivity index (χ3n) is 5.21. The van der Waals surface area contributed by atoms with E-state index in [1.165, 1.54) is 0 Å². The van der Waals surface area contributed by atoms with Crippen LogP contribution >= 0.6 is 11.3 Å². The lowest BCUT2D eigenvalue weighted by Gasteiger charge is -2.23. The molecule has 8 heteroatoms. The zero-order chi connectivity index (χ0) is 18.9. The van der Waals surface area contributed by atoms with Gasteiger partial charge >= 0.3 is 0 Å². The summed E-state index contributed by atoms with van der Waals surface area (Å²) in [6, 6.07) is 7.48. The van der Waals surface area contributed by atoms with Crippen LogP contribution in [0.15, 0.2) is 59.2 Å². The Kier molecular flexibility index (Phi) is 4.50. The Morgan fingerprint density at radius 3 is 3.07 bits per heavy atom. The van der Waals surface area contributed by atoms with Crippen molar-refractivity contribution in [1.82, 2.24) is 29.0 Å². The van der Waals surface area contributed by atoms with Gasteiger partial charge in [-0.1, -0.05) is 0 Å². The van der Waals surface area contributed by atoms with Crippen LogP contribution in [0.5, 0.6) is 0 Å². The molecule has 0 N–H and O–H groups in total. The molecule has 0 radical (unpaired) electrons. The molecule has 1 aliphatic rings. The van der Waals surface area contributed by atoms with Gasteiger partial charge in [0.1, 0.15) is 0 Å². The van der Waals surface area contributed by atoms with Crippen molar-refractivity contribution >= 4 is 16.3 Å². The maximum absolute atomic E-state index is 12.4. The minimum Gasteiger partial charge on any atom is -0.297 e. The fraction of sp³-hybridized carbons (Fsp3) is 0.300. The summed E-state index contributed by atoms with van der Waals surface area (Å²) in [6.07, 6.45) is 9.82. The van der Waals surface area contributed by atoms with E-state index in [4.69, 9.17) is 4.98 Å². The Balaban J connectivity index is 1.36. The smallest absolute Gasteiger partial charge is 0.266 e. The summed E-state index contributed by atoms with van der Waals surface area (Å²) in [6.45, 7) is 2.41. The fourth-order valence-corrected chi connectivity index (χ4v) is 4.54. The summed E-state index contributed by atoms with van der Waals surface area (Å²) >= 11 is 1.64. The van der Waals surface area contributed by atoms with E-state index in [2.05, 4.69) is 25.6 Å². The summed E-state index contributed by atoms with van der Waals surface area (Å²) in [7, 11) is 0. The van der Waals surface area contributed by atoms with Crippen LogP contribution in [0.3, 0.4) is 0 Å². The van der Waals surface area contributed by atoms with E-state index in [9.17, 15) is 4.79 Å². The Bertz CT molecular complexity index is 1120. The molecular formula is C20H20N6OS. The molecule has 4 aromatic rings. The van der Waals surface area contributed by atoms with Crippen molar-refractivity contribution in [3.63, 3.8) is 0 Å². The highest BCUT2D eigenvalue weighted by Crippen LogP contribution is 2.22. The van der Waals surface area contributed by atoms with Crippen LogP contribution in [-0.4, -0.2) is 41.6 Å². The van der Waals surface area contributed by atoms with Gasteiger partial charge in [0, 0.05) is 54.4 Å². The van der Waals surface area contributed by atoms with Crippen LogP contribution in [0.1, 0.15) is 18.5 Å². The average Bonchev–Trinajstić information content (AvgIpc) is 3.42. The van der Waals surface area contributed by atoms with Crippen LogP contribution in [0.4, 0.5) is 0 Å². The molecule has 5 rings (SSSR count). The normalized spacial score (nSPS) is 17.5. The van der Waals surface area contributed by atoms with Crippen molar-refractivity contribution < 1.29 is 0 Å². The summed E-state index contributed by atoms with van der Waals surface area (Å²) in [4.78, 5) is 24.7. The quantitative estimate of drug-likeness (QED) is 0.522. The molecule has 4 aromatic heterocycles. The van der Waals surface area contributed by atoms with Crippen molar-refractivity contribution in [2.45, 2.75) is 32.0 Å². The standard InChI is InChI=1S/C20H20N6OS/c27-19-6-5-18(15-3-1-7-21-11-15)23-26(19)14-17-4-2-8-24(17)12-16-13-25-9-10-28-20(25)22-16/h1,3,5-7,9-11,13,17H,2,4,8,12,14H2. The van der Waals surface area contributed by atoms with Gasteiger partial charge in [-0.2, -0.15) is 5.10 Å². The van der Waals surface area contributed by atoms with Crippen molar-refractivity contribution in [2.75, 3.05) is 6.54 Å². The summed E-state index contributed by atoms with van der Waals surface area (Å²) in [5, 5.41) is 6.63. The predicted molar refractivity (Wildman–Crippen MR) is 108 cm³/mol. The van der Waals surface area contributed by atoms with Gasteiger partial charge in [-0.25, -0.2) is 9.67 Å². The second-order valence-electron chi connectivity index (χ2n) is 7.07. The first-order chi connectivity index (χ1) is 13.8. The van der Waals surface area contributed by atoms with Crippen LogP contribution < -0.4 is 5.56 Å². The topological polar surface area (TPSA) is 68.3 Å². The number of likely N-dealkylation sites (tertiary alicyclic amines) is 1. The monoisotopic (exact) mass is 392 g/mol. The first kappa shape index (κ1) is 17.3. The fourth-order valence-electron chi connectivity index (χ4n) is 3.82. The minimum absolute atomic E-state index is 0.0676. The number of nitrogens with zero attached hydrogens (tertiary/aromatic N) is 6. The highest BCUT2D eigenvalue weighted by molar-refractivity contribution is 7.15. The minimum atomic E-state index is -0.0676. The Labute approximate surface area is 165 Å². The lowest BCUT2D eigenvalue weighted by Crippen LogP contribution is -2.36. The van der Waals surface area contributed by atoms with Crippen LogP contribution in [0.25, 0.3) is 16.2 Å². The molecule has 1 aliphatic heterocycles. The van der Waals surface area contributed by atoms with E-state index in [-0.39, 0.29) is 11.6 Å². The highest BCUT2D eigenvalue weighted by atomic mass is 32.1. The number of imidazole rings is 1. The highest BCUT2D eigenvalue weighted by Gasteiger charge is 2.26. The van der Waals surface area contributed by atoms with Gasteiger partial charge < -0.3 is 0 Å². The molecule has 1 atom stereocenters. The molecule has 0 saturated carbocycles. The van der Waals surface area contributed by atoms with E-state index >= 15 is 0 Å². The first-order valence-corrected chi connectivity index (χ1v) is 10.3. The van der Waals surface area contributed by atoms with Gasteiger partial charge in [-0.3, -0.25) is 19.1 Å². The van der Waals surface area contributed by atoms with Crippen LogP contribution in [-0.2, 0) is 13.1 Å².